The van der Waals surface area contributed by atoms with Crippen molar-refractivity contribution in [3.8, 4) is 5.75 Å². The molecule has 0 amide bonds. The van der Waals surface area contributed by atoms with Crippen LogP contribution in [0.5, 0.6) is 5.75 Å². The van der Waals surface area contributed by atoms with Gasteiger partial charge in [0.05, 0.1) is 12.2 Å². The maximum Gasteiger partial charge on any atom is 0.419 e. The maximum atomic E-state index is 13.0. The van der Waals surface area contributed by atoms with E-state index in [4.69, 9.17) is 10.5 Å². The zero-order valence-corrected chi connectivity index (χ0v) is 12.2. The second kappa shape index (κ2) is 6.48. The van der Waals surface area contributed by atoms with Crippen LogP contribution in [0.15, 0.2) is 18.2 Å². The van der Waals surface area contributed by atoms with Gasteiger partial charge in [-0.25, -0.2) is 0 Å². The first kappa shape index (κ1) is 16.8. The number of rotatable bonds is 5. The standard InChI is InChI=1S/C15H22F3NO/c1-14(2,3)7-9-20-13-5-4-11(6-8-19)10-12(13)15(16,17)18/h4-5,10H,6-9,19H2,1-3H3. The van der Waals surface area contributed by atoms with Crippen molar-refractivity contribution in [2.24, 2.45) is 11.1 Å². The molecule has 0 atom stereocenters. The molecule has 0 aliphatic carbocycles. The minimum atomic E-state index is -4.42. The van der Waals surface area contributed by atoms with E-state index in [9.17, 15) is 13.2 Å². The minimum Gasteiger partial charge on any atom is -0.493 e. The summed E-state index contributed by atoms with van der Waals surface area (Å²) in [5, 5.41) is 0. The summed E-state index contributed by atoms with van der Waals surface area (Å²) in [5.74, 6) is -0.109. The van der Waals surface area contributed by atoms with Crippen LogP contribution in [-0.4, -0.2) is 13.2 Å². The van der Waals surface area contributed by atoms with Gasteiger partial charge in [-0.3, -0.25) is 0 Å². The van der Waals surface area contributed by atoms with E-state index >= 15 is 0 Å². The van der Waals surface area contributed by atoms with E-state index in [-0.39, 0.29) is 17.8 Å². The molecule has 20 heavy (non-hydrogen) atoms. The van der Waals surface area contributed by atoms with Gasteiger partial charge in [0.15, 0.2) is 0 Å². The molecule has 1 rings (SSSR count). The number of halogens is 3. The predicted molar refractivity (Wildman–Crippen MR) is 73.8 cm³/mol. The summed E-state index contributed by atoms with van der Waals surface area (Å²) < 4.78 is 44.4. The Hall–Kier alpha value is -1.23. The molecule has 0 saturated heterocycles. The predicted octanol–water partition coefficient (Wildman–Crippen LogP) is 4.02. The number of hydrogen-bond acceptors (Lipinski definition) is 2. The Labute approximate surface area is 118 Å². The first-order valence-electron chi connectivity index (χ1n) is 6.66. The van der Waals surface area contributed by atoms with E-state index in [1.165, 1.54) is 6.07 Å². The van der Waals surface area contributed by atoms with Crippen LogP contribution in [0.1, 0.15) is 38.3 Å². The molecule has 0 aliphatic rings. The van der Waals surface area contributed by atoms with Crippen LogP contribution in [0.3, 0.4) is 0 Å². The summed E-state index contributed by atoms with van der Waals surface area (Å²) >= 11 is 0. The van der Waals surface area contributed by atoms with Crippen molar-refractivity contribution < 1.29 is 17.9 Å². The summed E-state index contributed by atoms with van der Waals surface area (Å²) in [7, 11) is 0. The van der Waals surface area contributed by atoms with Crippen molar-refractivity contribution in [3.05, 3.63) is 29.3 Å². The van der Waals surface area contributed by atoms with Crippen molar-refractivity contribution in [1.82, 2.24) is 0 Å². The third kappa shape index (κ3) is 5.41. The molecule has 0 aliphatic heterocycles. The number of benzene rings is 1. The molecule has 0 saturated carbocycles. The molecular weight excluding hydrogens is 267 g/mol. The van der Waals surface area contributed by atoms with Crippen LogP contribution < -0.4 is 10.5 Å². The molecule has 1 aromatic carbocycles. The molecule has 1 aromatic rings. The van der Waals surface area contributed by atoms with Crippen LogP contribution in [0, 0.1) is 5.41 Å². The van der Waals surface area contributed by atoms with Gasteiger partial charge in [0.1, 0.15) is 5.75 Å². The SMILES string of the molecule is CC(C)(C)CCOc1ccc(CCN)cc1C(F)(F)F. The first-order chi connectivity index (χ1) is 9.13. The summed E-state index contributed by atoms with van der Waals surface area (Å²) in [6.45, 7) is 6.65. The lowest BCUT2D eigenvalue weighted by Crippen LogP contribution is -2.14. The molecule has 0 unspecified atom stereocenters. The fourth-order valence-electron chi connectivity index (χ4n) is 1.71. The number of hydrogen-bond donors (Lipinski definition) is 1. The quantitative estimate of drug-likeness (QED) is 0.888. The largest absolute Gasteiger partial charge is 0.493 e. The van der Waals surface area contributed by atoms with Gasteiger partial charge in [-0.2, -0.15) is 13.2 Å². The normalized spacial score (nSPS) is 12.6. The first-order valence-corrected chi connectivity index (χ1v) is 6.66. The highest BCUT2D eigenvalue weighted by Gasteiger charge is 2.34. The fraction of sp³-hybridized carbons (Fsp3) is 0.600. The van der Waals surface area contributed by atoms with Gasteiger partial charge in [-0.15, -0.1) is 0 Å². The molecule has 0 radical (unpaired) electrons. The molecule has 2 nitrogen and oxygen atoms in total. The topological polar surface area (TPSA) is 35.2 Å². The van der Waals surface area contributed by atoms with Crippen molar-refractivity contribution in [3.63, 3.8) is 0 Å². The smallest absolute Gasteiger partial charge is 0.419 e. The van der Waals surface area contributed by atoms with Gasteiger partial charge in [-0.05, 0) is 42.5 Å². The van der Waals surface area contributed by atoms with Crippen molar-refractivity contribution in [1.29, 1.82) is 0 Å². The minimum absolute atomic E-state index is 0.0257. The molecule has 0 bridgehead atoms. The monoisotopic (exact) mass is 289 g/mol. The van der Waals surface area contributed by atoms with E-state index in [1.807, 2.05) is 20.8 Å². The zero-order chi connectivity index (χ0) is 15.4. The summed E-state index contributed by atoms with van der Waals surface area (Å²) in [5.41, 5.74) is 5.25. The molecule has 2 N–H and O–H groups in total. The average Bonchev–Trinajstić information content (AvgIpc) is 2.28. The van der Waals surface area contributed by atoms with Gasteiger partial charge in [0.2, 0.25) is 0 Å². The van der Waals surface area contributed by atoms with E-state index < -0.39 is 11.7 Å². The molecule has 0 fully saturated rings. The Kier molecular flexibility index (Phi) is 5.45. The lowest BCUT2D eigenvalue weighted by Gasteiger charge is -2.20. The Morgan fingerprint density at radius 1 is 1.15 bits per heavy atom. The molecule has 5 heteroatoms. The molecule has 114 valence electrons. The Bertz CT molecular complexity index is 436. The van der Waals surface area contributed by atoms with E-state index in [1.54, 1.807) is 6.07 Å². The molecule has 0 spiro atoms. The van der Waals surface area contributed by atoms with Crippen LogP contribution >= 0.6 is 0 Å². The summed E-state index contributed by atoms with van der Waals surface area (Å²) in [6, 6.07) is 4.14. The third-order valence-corrected chi connectivity index (χ3v) is 2.89. The molecular formula is C15H22F3NO. The maximum absolute atomic E-state index is 13.0. The van der Waals surface area contributed by atoms with E-state index in [2.05, 4.69) is 0 Å². The molecule has 0 heterocycles. The van der Waals surface area contributed by atoms with Gasteiger partial charge in [0, 0.05) is 0 Å². The van der Waals surface area contributed by atoms with Crippen LogP contribution in [0.4, 0.5) is 13.2 Å². The van der Waals surface area contributed by atoms with Gasteiger partial charge in [-0.1, -0.05) is 26.8 Å². The summed E-state index contributed by atoms with van der Waals surface area (Å²) in [4.78, 5) is 0. The highest BCUT2D eigenvalue weighted by atomic mass is 19.4. The van der Waals surface area contributed by atoms with Crippen molar-refractivity contribution >= 4 is 0 Å². The highest BCUT2D eigenvalue weighted by molar-refractivity contribution is 5.39. The van der Waals surface area contributed by atoms with Gasteiger partial charge in [0.25, 0.3) is 0 Å². The number of ether oxygens (including phenoxy) is 1. The number of nitrogens with two attached hydrogens (primary N) is 1. The Morgan fingerprint density at radius 3 is 2.30 bits per heavy atom. The third-order valence-electron chi connectivity index (χ3n) is 2.89. The molecule has 0 aromatic heterocycles. The van der Waals surface area contributed by atoms with Gasteiger partial charge < -0.3 is 10.5 Å². The van der Waals surface area contributed by atoms with Crippen LogP contribution in [0.25, 0.3) is 0 Å². The lowest BCUT2D eigenvalue weighted by atomic mass is 9.93. The van der Waals surface area contributed by atoms with Crippen LogP contribution in [-0.2, 0) is 12.6 Å². The highest BCUT2D eigenvalue weighted by Crippen LogP contribution is 2.37. The average molecular weight is 289 g/mol. The van der Waals surface area contributed by atoms with Crippen molar-refractivity contribution in [2.75, 3.05) is 13.2 Å². The van der Waals surface area contributed by atoms with Crippen molar-refractivity contribution in [2.45, 2.75) is 39.8 Å². The van der Waals surface area contributed by atoms with E-state index in [0.29, 0.717) is 24.9 Å². The van der Waals surface area contributed by atoms with E-state index in [0.717, 1.165) is 6.07 Å². The Morgan fingerprint density at radius 2 is 1.80 bits per heavy atom. The van der Waals surface area contributed by atoms with Crippen LogP contribution in [0.2, 0.25) is 0 Å². The Balaban J connectivity index is 2.89. The summed E-state index contributed by atoms with van der Waals surface area (Å²) in [6.07, 6.45) is -3.30. The second-order valence-electron chi connectivity index (χ2n) is 6.03. The van der Waals surface area contributed by atoms with Gasteiger partial charge >= 0.3 is 6.18 Å². The zero-order valence-electron chi connectivity index (χ0n) is 12.2. The fourth-order valence-corrected chi connectivity index (χ4v) is 1.71. The second-order valence-corrected chi connectivity index (χ2v) is 6.03. The number of alkyl halides is 3. The lowest BCUT2D eigenvalue weighted by molar-refractivity contribution is -0.139.